The van der Waals surface area contributed by atoms with E-state index in [9.17, 15) is 4.79 Å². The Bertz CT molecular complexity index is 756. The van der Waals surface area contributed by atoms with Crippen LogP contribution in [0, 0.1) is 0 Å². The number of hydrogen-bond acceptors (Lipinski definition) is 3. The number of fused-ring (bicyclic) bond motifs is 1. The summed E-state index contributed by atoms with van der Waals surface area (Å²) in [6, 6.07) is 12.0. The van der Waals surface area contributed by atoms with E-state index in [2.05, 4.69) is 29.7 Å². The van der Waals surface area contributed by atoms with Crippen LogP contribution in [0.5, 0.6) is 11.5 Å². The zero-order valence-corrected chi connectivity index (χ0v) is 15.0. The van der Waals surface area contributed by atoms with Gasteiger partial charge in [0.05, 0.1) is 0 Å². The third-order valence-electron chi connectivity index (χ3n) is 4.59. The van der Waals surface area contributed by atoms with Crippen molar-refractivity contribution >= 4 is 5.91 Å². The molecule has 0 aromatic heterocycles. The molecule has 0 atom stereocenters. The fraction of sp³-hybridized carbons (Fsp3) is 0.381. The molecule has 0 bridgehead atoms. The monoisotopic (exact) mass is 338 g/mol. The first-order valence-electron chi connectivity index (χ1n) is 9.12. The lowest BCUT2D eigenvalue weighted by atomic mass is 10.0. The Morgan fingerprint density at radius 3 is 2.64 bits per heavy atom. The zero-order valence-electron chi connectivity index (χ0n) is 15.0. The Morgan fingerprint density at radius 1 is 1.08 bits per heavy atom. The Labute approximate surface area is 149 Å². The topological polar surface area (TPSA) is 50.4 Å². The molecular formula is C21H26N2O2. The summed E-state index contributed by atoms with van der Waals surface area (Å²) < 4.78 is 6.15. The van der Waals surface area contributed by atoms with Crippen molar-refractivity contribution in [3.8, 4) is 11.5 Å². The third kappa shape index (κ3) is 4.20. The molecule has 1 aliphatic heterocycles. The number of carbonyl (C=O) groups excluding carboxylic acids is 1. The number of aryl methyl sites for hydroxylation is 1. The summed E-state index contributed by atoms with van der Waals surface area (Å²) in [5.74, 6) is 1.64. The third-order valence-corrected chi connectivity index (χ3v) is 4.59. The van der Waals surface area contributed by atoms with Crippen LogP contribution >= 0.6 is 0 Å². The van der Waals surface area contributed by atoms with E-state index in [0.717, 1.165) is 49.4 Å². The summed E-state index contributed by atoms with van der Waals surface area (Å²) in [7, 11) is 0. The number of ether oxygens (including phenoxy) is 1. The molecular weight excluding hydrogens is 312 g/mol. The Kier molecular flexibility index (Phi) is 5.71. The largest absolute Gasteiger partial charge is 0.457 e. The van der Waals surface area contributed by atoms with Crippen LogP contribution in [0.3, 0.4) is 0 Å². The zero-order chi connectivity index (χ0) is 17.6. The van der Waals surface area contributed by atoms with Gasteiger partial charge >= 0.3 is 0 Å². The molecule has 4 heteroatoms. The first-order chi connectivity index (χ1) is 12.2. The Balaban J connectivity index is 1.82. The minimum atomic E-state index is -0.0405. The van der Waals surface area contributed by atoms with E-state index in [0.29, 0.717) is 12.1 Å². The van der Waals surface area contributed by atoms with Crippen LogP contribution in [0.1, 0.15) is 40.9 Å². The van der Waals surface area contributed by atoms with Crippen molar-refractivity contribution in [3.63, 3.8) is 0 Å². The highest BCUT2D eigenvalue weighted by molar-refractivity contribution is 5.94. The lowest BCUT2D eigenvalue weighted by Gasteiger charge is -2.14. The fourth-order valence-electron chi connectivity index (χ4n) is 3.20. The van der Waals surface area contributed by atoms with Crippen LogP contribution in [0.4, 0.5) is 0 Å². The lowest BCUT2D eigenvalue weighted by Crippen LogP contribution is -2.22. The molecule has 25 heavy (non-hydrogen) atoms. The van der Waals surface area contributed by atoms with Crippen molar-refractivity contribution in [2.45, 2.75) is 33.1 Å². The van der Waals surface area contributed by atoms with Gasteiger partial charge in [0.25, 0.3) is 5.91 Å². The van der Waals surface area contributed by atoms with Crippen molar-refractivity contribution in [1.29, 1.82) is 0 Å². The van der Waals surface area contributed by atoms with Gasteiger partial charge in [-0.2, -0.15) is 0 Å². The molecule has 0 fully saturated rings. The maximum absolute atomic E-state index is 12.0. The molecule has 1 aliphatic rings. The van der Waals surface area contributed by atoms with Gasteiger partial charge < -0.3 is 15.4 Å². The smallest absolute Gasteiger partial charge is 0.251 e. The molecule has 0 unspecified atom stereocenters. The van der Waals surface area contributed by atoms with Gasteiger partial charge in [0.2, 0.25) is 0 Å². The van der Waals surface area contributed by atoms with Crippen LogP contribution in [-0.4, -0.2) is 25.5 Å². The maximum Gasteiger partial charge on any atom is 0.251 e. The molecule has 0 aliphatic carbocycles. The Hall–Kier alpha value is -2.33. The SMILES string of the molecule is CCNC(=O)c1ccc(Oc2ccc3c(c2)CCNCC3)c(CC)c1. The van der Waals surface area contributed by atoms with E-state index in [1.807, 2.05) is 31.2 Å². The normalized spacial score (nSPS) is 13.7. The molecule has 132 valence electrons. The summed E-state index contributed by atoms with van der Waals surface area (Å²) in [5, 5.41) is 6.27. The number of nitrogens with one attached hydrogen (secondary N) is 2. The molecule has 3 rings (SSSR count). The highest BCUT2D eigenvalue weighted by Gasteiger charge is 2.12. The van der Waals surface area contributed by atoms with Gasteiger partial charge in [0.1, 0.15) is 11.5 Å². The Morgan fingerprint density at radius 2 is 1.88 bits per heavy atom. The minimum absolute atomic E-state index is 0.0405. The number of benzene rings is 2. The van der Waals surface area contributed by atoms with Gasteiger partial charge in [-0.25, -0.2) is 0 Å². The minimum Gasteiger partial charge on any atom is -0.457 e. The van der Waals surface area contributed by atoms with Gasteiger partial charge in [-0.15, -0.1) is 0 Å². The summed E-state index contributed by atoms with van der Waals surface area (Å²) in [6.07, 6.45) is 2.91. The van der Waals surface area contributed by atoms with Crippen LogP contribution in [0.25, 0.3) is 0 Å². The molecule has 1 heterocycles. The van der Waals surface area contributed by atoms with Crippen LogP contribution < -0.4 is 15.4 Å². The second-order valence-electron chi connectivity index (χ2n) is 6.32. The van der Waals surface area contributed by atoms with Crippen molar-refractivity contribution in [3.05, 3.63) is 58.7 Å². The molecule has 0 spiro atoms. The number of hydrogen-bond donors (Lipinski definition) is 2. The van der Waals surface area contributed by atoms with Crippen molar-refractivity contribution < 1.29 is 9.53 Å². The van der Waals surface area contributed by atoms with Crippen LogP contribution in [0.15, 0.2) is 36.4 Å². The summed E-state index contributed by atoms with van der Waals surface area (Å²) in [6.45, 7) is 6.67. The highest BCUT2D eigenvalue weighted by atomic mass is 16.5. The predicted octanol–water partition coefficient (Wildman–Crippen LogP) is 3.48. The second-order valence-corrected chi connectivity index (χ2v) is 6.32. The lowest BCUT2D eigenvalue weighted by molar-refractivity contribution is 0.0955. The molecule has 2 N–H and O–H groups in total. The van der Waals surface area contributed by atoms with E-state index in [1.165, 1.54) is 11.1 Å². The molecule has 0 saturated carbocycles. The average Bonchev–Trinajstić information content (AvgIpc) is 2.87. The number of amides is 1. The fourth-order valence-corrected chi connectivity index (χ4v) is 3.20. The van der Waals surface area contributed by atoms with E-state index in [-0.39, 0.29) is 5.91 Å². The van der Waals surface area contributed by atoms with Gasteiger partial charge in [0.15, 0.2) is 0 Å². The summed E-state index contributed by atoms with van der Waals surface area (Å²) in [5.41, 5.74) is 4.48. The van der Waals surface area contributed by atoms with Crippen molar-refractivity contribution in [2.75, 3.05) is 19.6 Å². The number of rotatable bonds is 5. The highest BCUT2D eigenvalue weighted by Crippen LogP contribution is 2.29. The van der Waals surface area contributed by atoms with E-state index < -0.39 is 0 Å². The van der Waals surface area contributed by atoms with Gasteiger partial charge in [0, 0.05) is 12.1 Å². The van der Waals surface area contributed by atoms with E-state index in [1.54, 1.807) is 0 Å². The van der Waals surface area contributed by atoms with Gasteiger partial charge in [-0.05, 0) is 86.3 Å². The molecule has 0 saturated heterocycles. The average molecular weight is 338 g/mol. The van der Waals surface area contributed by atoms with Crippen LogP contribution in [-0.2, 0) is 19.3 Å². The van der Waals surface area contributed by atoms with E-state index in [4.69, 9.17) is 4.74 Å². The first-order valence-corrected chi connectivity index (χ1v) is 9.12. The van der Waals surface area contributed by atoms with Gasteiger partial charge in [-0.1, -0.05) is 13.0 Å². The quantitative estimate of drug-likeness (QED) is 0.877. The number of carbonyl (C=O) groups is 1. The van der Waals surface area contributed by atoms with Crippen LogP contribution in [0.2, 0.25) is 0 Å². The standard InChI is InChI=1S/C21H26N2O2/c1-3-15-13-18(21(24)23-4-2)6-8-20(15)25-19-7-5-16-9-11-22-12-10-17(16)14-19/h5-8,13-14,22H,3-4,9-12H2,1-2H3,(H,23,24). The molecule has 1 amide bonds. The van der Waals surface area contributed by atoms with Gasteiger partial charge in [-0.3, -0.25) is 4.79 Å². The summed E-state index contributed by atoms with van der Waals surface area (Å²) in [4.78, 5) is 12.0. The van der Waals surface area contributed by atoms with Crippen molar-refractivity contribution in [1.82, 2.24) is 10.6 Å². The predicted molar refractivity (Wildman–Crippen MR) is 101 cm³/mol. The first kappa shape index (κ1) is 17.5. The molecule has 2 aromatic carbocycles. The van der Waals surface area contributed by atoms with Crippen molar-refractivity contribution in [2.24, 2.45) is 0 Å². The molecule has 0 radical (unpaired) electrons. The molecule has 2 aromatic rings. The molecule has 4 nitrogen and oxygen atoms in total. The maximum atomic E-state index is 12.0. The summed E-state index contributed by atoms with van der Waals surface area (Å²) >= 11 is 0. The van der Waals surface area contributed by atoms with E-state index >= 15 is 0 Å². The second kappa shape index (κ2) is 8.17.